The Kier molecular flexibility index (Phi) is 8.75. The van der Waals surface area contributed by atoms with Crippen molar-refractivity contribution in [1.29, 1.82) is 0 Å². The molecule has 1 fully saturated rings. The number of aromatic nitrogens is 2. The molecule has 0 saturated heterocycles. The van der Waals surface area contributed by atoms with Gasteiger partial charge in [-0.2, -0.15) is 0 Å². The molecule has 3 aromatic rings. The summed E-state index contributed by atoms with van der Waals surface area (Å²) in [6.45, 7) is 2.30. The number of nitrogens with one attached hydrogen (secondary N) is 1. The molecule has 1 saturated carbocycles. The van der Waals surface area contributed by atoms with Gasteiger partial charge >= 0.3 is 0 Å². The van der Waals surface area contributed by atoms with Crippen molar-refractivity contribution in [3.05, 3.63) is 82.0 Å². The lowest BCUT2D eigenvalue weighted by Crippen LogP contribution is -2.44. The predicted octanol–water partition coefficient (Wildman–Crippen LogP) is 4.35. The third-order valence-corrected chi connectivity index (χ3v) is 8.29. The molecule has 2 heterocycles. The molecular formula is C29H33FN4O3S. The summed E-state index contributed by atoms with van der Waals surface area (Å²) in [5.41, 5.74) is 2.17. The summed E-state index contributed by atoms with van der Waals surface area (Å²) in [4.78, 5) is 33.3. The van der Waals surface area contributed by atoms with E-state index in [4.69, 9.17) is 9.72 Å². The van der Waals surface area contributed by atoms with E-state index < -0.39 is 0 Å². The normalized spacial score (nSPS) is 15.1. The van der Waals surface area contributed by atoms with Crippen molar-refractivity contribution in [3.8, 4) is 11.4 Å². The van der Waals surface area contributed by atoms with Gasteiger partial charge in [0, 0.05) is 18.2 Å². The van der Waals surface area contributed by atoms with Gasteiger partial charge in [0.05, 0.1) is 36.6 Å². The van der Waals surface area contributed by atoms with Crippen LogP contribution in [0.25, 0.3) is 5.69 Å². The number of amides is 1. The molecule has 38 heavy (non-hydrogen) atoms. The average molecular weight is 537 g/mol. The van der Waals surface area contributed by atoms with Gasteiger partial charge in [-0.15, -0.1) is 0 Å². The van der Waals surface area contributed by atoms with Crippen LogP contribution in [0.2, 0.25) is 0 Å². The summed E-state index contributed by atoms with van der Waals surface area (Å²) in [6, 6.07) is 15.6. The number of thioether (sulfide) groups is 1. The van der Waals surface area contributed by atoms with Gasteiger partial charge in [0.15, 0.2) is 5.16 Å². The monoisotopic (exact) mass is 536 g/mol. The van der Waals surface area contributed by atoms with E-state index in [1.54, 1.807) is 33.4 Å². The van der Waals surface area contributed by atoms with Crippen LogP contribution in [0.15, 0.2) is 64.5 Å². The Bertz CT molecular complexity index is 1300. The lowest BCUT2D eigenvalue weighted by molar-refractivity contribution is -0.131. The van der Waals surface area contributed by atoms with Crippen LogP contribution in [-0.2, 0) is 17.8 Å². The van der Waals surface area contributed by atoms with Crippen molar-refractivity contribution in [1.82, 2.24) is 19.8 Å². The fraction of sp³-hybridized carbons (Fsp3) is 0.414. The summed E-state index contributed by atoms with van der Waals surface area (Å²) in [7, 11) is 0. The number of benzene rings is 2. The molecule has 0 bridgehead atoms. The largest absolute Gasteiger partial charge is 0.494 e. The van der Waals surface area contributed by atoms with E-state index in [9.17, 15) is 14.0 Å². The van der Waals surface area contributed by atoms with Crippen LogP contribution in [0.5, 0.6) is 5.75 Å². The minimum Gasteiger partial charge on any atom is -0.494 e. The first-order chi connectivity index (χ1) is 18.6. The maximum absolute atomic E-state index is 13.7. The van der Waals surface area contributed by atoms with Gasteiger partial charge in [-0.05, 0) is 68.6 Å². The Morgan fingerprint density at radius 3 is 2.63 bits per heavy atom. The molecule has 9 heteroatoms. The van der Waals surface area contributed by atoms with Crippen molar-refractivity contribution in [2.75, 3.05) is 26.2 Å². The third-order valence-electron chi connectivity index (χ3n) is 7.00. The van der Waals surface area contributed by atoms with Crippen LogP contribution >= 0.6 is 11.8 Å². The molecule has 7 nitrogen and oxygen atoms in total. The van der Waals surface area contributed by atoms with Crippen LogP contribution < -0.4 is 15.6 Å². The fourth-order valence-electron chi connectivity index (χ4n) is 4.57. The number of para-hydroxylation sites is 1. The van der Waals surface area contributed by atoms with E-state index in [2.05, 4.69) is 5.32 Å². The third kappa shape index (κ3) is 6.45. The topological polar surface area (TPSA) is 76.5 Å². The second-order valence-electron chi connectivity index (χ2n) is 9.72. The number of carbonyl (C=O) groups is 1. The SMILES string of the molecule is O=C(CNCCCCOc1ccc(F)cc1)N1CCc2nc(SC3CCC3)n(-c3ccccc3)c(=O)c2C1. The summed E-state index contributed by atoms with van der Waals surface area (Å²) >= 11 is 1.70. The first-order valence-electron chi connectivity index (χ1n) is 13.3. The molecule has 2 aromatic carbocycles. The molecular weight excluding hydrogens is 503 g/mol. The van der Waals surface area contributed by atoms with Crippen molar-refractivity contribution in [3.63, 3.8) is 0 Å². The summed E-state index contributed by atoms with van der Waals surface area (Å²) in [5, 5.41) is 4.48. The van der Waals surface area contributed by atoms with E-state index in [0.717, 1.165) is 42.2 Å². The summed E-state index contributed by atoms with van der Waals surface area (Å²) in [5.74, 6) is 0.348. The van der Waals surface area contributed by atoms with E-state index in [0.29, 0.717) is 42.7 Å². The number of hydrogen-bond donors (Lipinski definition) is 1. The molecule has 1 aliphatic heterocycles. The molecule has 1 amide bonds. The Balaban J connectivity index is 1.15. The molecule has 200 valence electrons. The highest BCUT2D eigenvalue weighted by Gasteiger charge is 2.28. The zero-order valence-corrected chi connectivity index (χ0v) is 22.2. The van der Waals surface area contributed by atoms with Crippen LogP contribution in [-0.4, -0.2) is 51.8 Å². The van der Waals surface area contributed by atoms with Gasteiger partial charge in [-0.1, -0.05) is 36.4 Å². The van der Waals surface area contributed by atoms with Gasteiger partial charge in [-0.25, -0.2) is 9.37 Å². The van der Waals surface area contributed by atoms with Crippen molar-refractivity contribution < 1.29 is 13.9 Å². The number of halogens is 1. The maximum Gasteiger partial charge on any atom is 0.264 e. The van der Waals surface area contributed by atoms with Crippen LogP contribution in [0, 0.1) is 5.82 Å². The van der Waals surface area contributed by atoms with E-state index in [1.807, 2.05) is 30.3 Å². The second-order valence-corrected chi connectivity index (χ2v) is 11.0. The number of ether oxygens (including phenoxy) is 1. The van der Waals surface area contributed by atoms with Crippen molar-refractivity contribution in [2.24, 2.45) is 0 Å². The molecule has 5 rings (SSSR count). The molecule has 1 aromatic heterocycles. The molecule has 1 N–H and O–H groups in total. The smallest absolute Gasteiger partial charge is 0.264 e. The summed E-state index contributed by atoms with van der Waals surface area (Å²) in [6.07, 6.45) is 5.80. The van der Waals surface area contributed by atoms with Crippen molar-refractivity contribution >= 4 is 17.7 Å². The number of carbonyl (C=O) groups excluding carboxylic acids is 1. The standard InChI is InChI=1S/C29H33FN4O3S/c30-21-11-13-23(14-12-21)37-18-5-4-16-31-19-27(35)33-17-15-26-25(20-33)28(36)34(22-7-2-1-3-8-22)29(32-26)38-24-9-6-10-24/h1-3,7-8,11-14,24,31H,4-6,9-10,15-20H2. The zero-order valence-electron chi connectivity index (χ0n) is 21.4. The van der Waals surface area contributed by atoms with E-state index in [1.165, 1.54) is 18.6 Å². The van der Waals surface area contributed by atoms with Gasteiger partial charge in [0.25, 0.3) is 5.56 Å². The zero-order chi connectivity index (χ0) is 26.3. The number of unbranched alkanes of at least 4 members (excludes halogenated alkanes) is 1. The first kappa shape index (κ1) is 26.4. The van der Waals surface area contributed by atoms with Gasteiger partial charge in [0.2, 0.25) is 5.91 Å². The molecule has 0 atom stereocenters. The maximum atomic E-state index is 13.7. The highest BCUT2D eigenvalue weighted by molar-refractivity contribution is 7.99. The minimum atomic E-state index is -0.283. The Morgan fingerprint density at radius 1 is 1.11 bits per heavy atom. The average Bonchev–Trinajstić information content (AvgIpc) is 2.91. The number of nitrogens with zero attached hydrogens (tertiary/aromatic N) is 3. The number of hydrogen-bond acceptors (Lipinski definition) is 6. The summed E-state index contributed by atoms with van der Waals surface area (Å²) < 4.78 is 20.3. The van der Waals surface area contributed by atoms with Crippen LogP contribution in [0.1, 0.15) is 43.4 Å². The van der Waals surface area contributed by atoms with Gasteiger partial charge in [0.1, 0.15) is 11.6 Å². The quantitative estimate of drug-likeness (QED) is 0.290. The molecule has 1 aliphatic carbocycles. The fourth-order valence-corrected chi connectivity index (χ4v) is 5.89. The first-order valence-corrected chi connectivity index (χ1v) is 14.2. The molecule has 0 radical (unpaired) electrons. The number of fused-ring (bicyclic) bond motifs is 1. The second kappa shape index (κ2) is 12.6. The van der Waals surface area contributed by atoms with Crippen LogP contribution in [0.4, 0.5) is 4.39 Å². The Morgan fingerprint density at radius 2 is 1.89 bits per heavy atom. The Hall–Kier alpha value is -3.17. The molecule has 2 aliphatic rings. The Labute approximate surface area is 226 Å². The molecule has 0 spiro atoms. The van der Waals surface area contributed by atoms with E-state index >= 15 is 0 Å². The lowest BCUT2D eigenvalue weighted by atomic mass is 10.0. The van der Waals surface area contributed by atoms with E-state index in [-0.39, 0.29) is 30.4 Å². The lowest BCUT2D eigenvalue weighted by Gasteiger charge is -2.30. The predicted molar refractivity (Wildman–Crippen MR) is 146 cm³/mol. The highest BCUT2D eigenvalue weighted by Crippen LogP contribution is 2.36. The highest BCUT2D eigenvalue weighted by atomic mass is 32.2. The minimum absolute atomic E-state index is 0.0169. The van der Waals surface area contributed by atoms with Crippen LogP contribution in [0.3, 0.4) is 0 Å². The van der Waals surface area contributed by atoms with Gasteiger partial charge < -0.3 is 15.0 Å². The van der Waals surface area contributed by atoms with Gasteiger partial charge in [-0.3, -0.25) is 14.2 Å². The molecule has 0 unspecified atom stereocenters. The number of rotatable bonds is 11. The van der Waals surface area contributed by atoms with Crippen molar-refractivity contribution in [2.45, 2.75) is 55.5 Å².